The minimum Gasteiger partial charge on any atom is -0.372 e. The number of morpholine rings is 1. The van der Waals surface area contributed by atoms with E-state index in [9.17, 15) is 4.79 Å². The van der Waals surface area contributed by atoms with Crippen LogP contribution in [0.5, 0.6) is 0 Å². The lowest BCUT2D eigenvalue weighted by Crippen LogP contribution is -2.50. The second-order valence-corrected chi connectivity index (χ2v) is 6.17. The molecule has 0 N–H and O–H groups in total. The number of carbonyl (C=O) groups is 1. The first kappa shape index (κ1) is 13.8. The van der Waals surface area contributed by atoms with Gasteiger partial charge in [-0.15, -0.1) is 0 Å². The maximum absolute atomic E-state index is 12.4. The molecule has 0 aromatic heterocycles. The molecule has 0 saturated carbocycles. The van der Waals surface area contributed by atoms with Gasteiger partial charge >= 0.3 is 0 Å². The largest absolute Gasteiger partial charge is 0.372 e. The molecular weight excluding hydrogens is 318 g/mol. The SMILES string of the molecule is CC1(C)CN(C(=O)c2cccc(Br)c2Cl)CCO1. The van der Waals surface area contributed by atoms with E-state index in [2.05, 4.69) is 15.9 Å². The smallest absolute Gasteiger partial charge is 0.255 e. The van der Waals surface area contributed by atoms with E-state index in [-0.39, 0.29) is 11.5 Å². The van der Waals surface area contributed by atoms with Gasteiger partial charge in [0, 0.05) is 17.6 Å². The molecule has 0 aliphatic carbocycles. The van der Waals surface area contributed by atoms with E-state index < -0.39 is 0 Å². The Hall–Kier alpha value is -0.580. The predicted molar refractivity (Wildman–Crippen MR) is 75.1 cm³/mol. The highest BCUT2D eigenvalue weighted by Gasteiger charge is 2.31. The number of benzene rings is 1. The van der Waals surface area contributed by atoms with Crippen molar-refractivity contribution in [3.8, 4) is 0 Å². The summed E-state index contributed by atoms with van der Waals surface area (Å²) in [5.41, 5.74) is 0.232. The van der Waals surface area contributed by atoms with Crippen LogP contribution in [-0.2, 0) is 4.74 Å². The van der Waals surface area contributed by atoms with Crippen molar-refractivity contribution in [2.45, 2.75) is 19.4 Å². The van der Waals surface area contributed by atoms with Crippen molar-refractivity contribution in [1.82, 2.24) is 4.90 Å². The number of halogens is 2. The third-order valence-corrected chi connectivity index (χ3v) is 4.19. The van der Waals surface area contributed by atoms with Gasteiger partial charge < -0.3 is 9.64 Å². The highest BCUT2D eigenvalue weighted by Crippen LogP contribution is 2.28. The molecule has 1 fully saturated rings. The summed E-state index contributed by atoms with van der Waals surface area (Å²) >= 11 is 9.49. The standard InChI is InChI=1S/C13H15BrClNO2/c1-13(2)8-16(6-7-18-13)12(17)9-4-3-5-10(14)11(9)15/h3-5H,6-8H2,1-2H3. The number of nitrogens with zero attached hydrogens (tertiary/aromatic N) is 1. The summed E-state index contributed by atoms with van der Waals surface area (Å²) < 4.78 is 6.34. The van der Waals surface area contributed by atoms with Gasteiger partial charge in [0.1, 0.15) is 0 Å². The van der Waals surface area contributed by atoms with E-state index in [0.717, 1.165) is 4.47 Å². The van der Waals surface area contributed by atoms with Crippen molar-refractivity contribution in [3.05, 3.63) is 33.3 Å². The average molecular weight is 333 g/mol. The molecule has 0 atom stereocenters. The lowest BCUT2D eigenvalue weighted by Gasteiger charge is -2.38. The van der Waals surface area contributed by atoms with Crippen molar-refractivity contribution in [2.24, 2.45) is 0 Å². The molecule has 1 heterocycles. The van der Waals surface area contributed by atoms with Crippen molar-refractivity contribution in [2.75, 3.05) is 19.7 Å². The molecule has 1 aliphatic heterocycles. The molecule has 0 radical (unpaired) electrons. The Morgan fingerprint density at radius 2 is 2.22 bits per heavy atom. The highest BCUT2D eigenvalue weighted by atomic mass is 79.9. The van der Waals surface area contributed by atoms with Crippen LogP contribution in [-0.4, -0.2) is 36.1 Å². The number of rotatable bonds is 1. The molecule has 5 heteroatoms. The Bertz CT molecular complexity index is 476. The van der Waals surface area contributed by atoms with E-state index >= 15 is 0 Å². The van der Waals surface area contributed by atoms with Crippen molar-refractivity contribution in [3.63, 3.8) is 0 Å². The minimum absolute atomic E-state index is 0.0438. The molecule has 0 bridgehead atoms. The van der Waals surface area contributed by atoms with E-state index in [0.29, 0.717) is 30.3 Å². The third-order valence-electron chi connectivity index (χ3n) is 2.89. The van der Waals surface area contributed by atoms with Crippen LogP contribution in [0.1, 0.15) is 24.2 Å². The molecule has 1 amide bonds. The summed E-state index contributed by atoms with van der Waals surface area (Å²) in [4.78, 5) is 14.2. The second-order valence-electron chi connectivity index (χ2n) is 4.94. The monoisotopic (exact) mass is 331 g/mol. The summed E-state index contributed by atoms with van der Waals surface area (Å²) in [5, 5.41) is 0.465. The van der Waals surface area contributed by atoms with Crippen LogP contribution in [0.2, 0.25) is 5.02 Å². The quantitative estimate of drug-likeness (QED) is 0.789. The van der Waals surface area contributed by atoms with Crippen LogP contribution < -0.4 is 0 Å². The number of hydrogen-bond donors (Lipinski definition) is 0. The summed E-state index contributed by atoms with van der Waals surface area (Å²) in [7, 11) is 0. The average Bonchev–Trinajstić information content (AvgIpc) is 2.30. The van der Waals surface area contributed by atoms with Gasteiger partial charge in [-0.2, -0.15) is 0 Å². The van der Waals surface area contributed by atoms with E-state index in [1.54, 1.807) is 11.0 Å². The topological polar surface area (TPSA) is 29.5 Å². The number of hydrogen-bond acceptors (Lipinski definition) is 2. The summed E-state index contributed by atoms with van der Waals surface area (Å²) in [5.74, 6) is -0.0438. The Morgan fingerprint density at radius 1 is 1.50 bits per heavy atom. The maximum atomic E-state index is 12.4. The van der Waals surface area contributed by atoms with E-state index in [1.165, 1.54) is 0 Å². The Balaban J connectivity index is 2.23. The molecule has 1 aromatic rings. The normalized spacial score (nSPS) is 18.8. The van der Waals surface area contributed by atoms with Crippen LogP contribution in [0, 0.1) is 0 Å². The Morgan fingerprint density at radius 3 is 2.89 bits per heavy atom. The Labute approximate surface area is 120 Å². The molecule has 18 heavy (non-hydrogen) atoms. The zero-order chi connectivity index (χ0) is 13.3. The van der Waals surface area contributed by atoms with Crippen molar-refractivity contribution < 1.29 is 9.53 Å². The van der Waals surface area contributed by atoms with Gasteiger partial charge in [0.2, 0.25) is 0 Å². The first-order chi connectivity index (χ1) is 8.41. The minimum atomic E-state index is -0.299. The molecule has 1 saturated heterocycles. The van der Waals surface area contributed by atoms with Crippen molar-refractivity contribution >= 4 is 33.4 Å². The summed E-state index contributed by atoms with van der Waals surface area (Å²) in [6.45, 7) is 5.70. The van der Waals surface area contributed by atoms with Gasteiger partial charge in [-0.05, 0) is 41.9 Å². The number of carbonyl (C=O) groups excluding carboxylic acids is 1. The first-order valence-corrected chi connectivity index (χ1v) is 6.95. The van der Waals surface area contributed by atoms with Gasteiger partial charge in [-0.25, -0.2) is 0 Å². The number of amides is 1. The van der Waals surface area contributed by atoms with Gasteiger partial charge in [-0.1, -0.05) is 17.7 Å². The van der Waals surface area contributed by atoms with Crippen LogP contribution >= 0.6 is 27.5 Å². The highest BCUT2D eigenvalue weighted by molar-refractivity contribution is 9.10. The molecule has 0 spiro atoms. The van der Waals surface area contributed by atoms with Gasteiger partial charge in [0.15, 0.2) is 0 Å². The molecule has 1 aliphatic rings. The zero-order valence-electron chi connectivity index (χ0n) is 10.4. The van der Waals surface area contributed by atoms with Gasteiger partial charge in [-0.3, -0.25) is 4.79 Å². The number of ether oxygens (including phenoxy) is 1. The molecule has 98 valence electrons. The fourth-order valence-corrected chi connectivity index (χ4v) is 2.60. The molecule has 1 aromatic carbocycles. The zero-order valence-corrected chi connectivity index (χ0v) is 12.7. The fraction of sp³-hybridized carbons (Fsp3) is 0.462. The predicted octanol–water partition coefficient (Wildman–Crippen LogP) is 3.35. The van der Waals surface area contributed by atoms with Crippen LogP contribution in [0.15, 0.2) is 22.7 Å². The summed E-state index contributed by atoms with van der Waals surface area (Å²) in [6, 6.07) is 5.38. The third kappa shape index (κ3) is 2.87. The summed E-state index contributed by atoms with van der Waals surface area (Å²) in [6.07, 6.45) is 0. The molecule has 0 unspecified atom stereocenters. The van der Waals surface area contributed by atoms with E-state index in [4.69, 9.17) is 16.3 Å². The first-order valence-electron chi connectivity index (χ1n) is 5.78. The molecule has 3 nitrogen and oxygen atoms in total. The maximum Gasteiger partial charge on any atom is 0.255 e. The second kappa shape index (κ2) is 5.19. The van der Waals surface area contributed by atoms with Crippen LogP contribution in [0.3, 0.4) is 0 Å². The van der Waals surface area contributed by atoms with Crippen molar-refractivity contribution in [1.29, 1.82) is 0 Å². The van der Waals surface area contributed by atoms with Crippen LogP contribution in [0.25, 0.3) is 0 Å². The van der Waals surface area contributed by atoms with Gasteiger partial charge in [0.05, 0.1) is 22.8 Å². The molecule has 2 rings (SSSR count). The molecular formula is C13H15BrClNO2. The Kier molecular flexibility index (Phi) is 3.99. The lowest BCUT2D eigenvalue weighted by atomic mass is 10.1. The van der Waals surface area contributed by atoms with E-state index in [1.807, 2.05) is 26.0 Å². The lowest BCUT2D eigenvalue weighted by molar-refractivity contribution is -0.0764. The van der Waals surface area contributed by atoms with Crippen LogP contribution in [0.4, 0.5) is 0 Å². The van der Waals surface area contributed by atoms with Gasteiger partial charge in [0.25, 0.3) is 5.91 Å². The fourth-order valence-electron chi connectivity index (χ4n) is 2.03.